The van der Waals surface area contributed by atoms with Crippen LogP contribution in [0.3, 0.4) is 0 Å². The fourth-order valence-electron chi connectivity index (χ4n) is 3.06. The maximum atomic E-state index is 12.3. The number of hydrogen-bond acceptors (Lipinski definition) is 3. The van der Waals surface area contributed by atoms with Crippen LogP contribution in [0.2, 0.25) is 0 Å². The molecule has 0 atom stereocenters. The van der Waals surface area contributed by atoms with Gasteiger partial charge in [-0.3, -0.25) is 4.79 Å². The zero-order chi connectivity index (χ0) is 15.5. The Hall–Kier alpha value is -1.85. The highest BCUT2D eigenvalue weighted by atomic mass is 19.3. The Morgan fingerprint density at radius 2 is 1.86 bits per heavy atom. The van der Waals surface area contributed by atoms with E-state index < -0.39 is 18.0 Å². The lowest BCUT2D eigenvalue weighted by Crippen LogP contribution is -2.36. The molecule has 0 heterocycles. The molecule has 116 valence electrons. The third-order valence-corrected chi connectivity index (χ3v) is 4.13. The summed E-state index contributed by atoms with van der Waals surface area (Å²) in [6.45, 7) is -2.95. The molecule has 0 saturated heterocycles. The smallest absolute Gasteiger partial charge is 0.387 e. The zero-order valence-electron chi connectivity index (χ0n) is 11.6. The summed E-state index contributed by atoms with van der Waals surface area (Å²) in [5, 5.41) is 9.72. The quantitative estimate of drug-likeness (QED) is 0.659. The lowest BCUT2D eigenvalue weighted by atomic mass is 9.73. The molecule has 1 saturated carbocycles. The van der Waals surface area contributed by atoms with E-state index in [2.05, 4.69) is 4.74 Å². The van der Waals surface area contributed by atoms with Crippen LogP contribution >= 0.6 is 0 Å². The van der Waals surface area contributed by atoms with Gasteiger partial charge in [0.1, 0.15) is 5.75 Å². The summed E-state index contributed by atoms with van der Waals surface area (Å²) in [7, 11) is 0. The first kappa shape index (κ1) is 15.5. The standard InChI is InChI=1S/C15H19F2NO3/c16-14(17)21-10-5-6-12(18)11(9-10)15(13(19)20)7-3-1-2-4-8-15/h5-6,9,14H,1-4,7-8,18H2,(H,19,20). The molecular formula is C15H19F2NO3. The Morgan fingerprint density at radius 1 is 1.24 bits per heavy atom. The fourth-order valence-corrected chi connectivity index (χ4v) is 3.06. The molecule has 0 spiro atoms. The van der Waals surface area contributed by atoms with Gasteiger partial charge in [0.15, 0.2) is 0 Å². The maximum Gasteiger partial charge on any atom is 0.387 e. The number of carboxylic acids is 1. The monoisotopic (exact) mass is 299 g/mol. The van der Waals surface area contributed by atoms with Crippen molar-refractivity contribution in [3.05, 3.63) is 23.8 Å². The van der Waals surface area contributed by atoms with Gasteiger partial charge in [-0.1, -0.05) is 25.7 Å². The molecular weight excluding hydrogens is 280 g/mol. The van der Waals surface area contributed by atoms with Crippen molar-refractivity contribution >= 4 is 11.7 Å². The van der Waals surface area contributed by atoms with E-state index in [-0.39, 0.29) is 5.75 Å². The van der Waals surface area contributed by atoms with E-state index >= 15 is 0 Å². The van der Waals surface area contributed by atoms with Gasteiger partial charge in [0.2, 0.25) is 0 Å². The van der Waals surface area contributed by atoms with Gasteiger partial charge in [-0.25, -0.2) is 0 Å². The van der Waals surface area contributed by atoms with Crippen LogP contribution in [0.15, 0.2) is 18.2 Å². The van der Waals surface area contributed by atoms with Crippen molar-refractivity contribution in [1.29, 1.82) is 0 Å². The third kappa shape index (κ3) is 3.25. The molecule has 0 aromatic heterocycles. The van der Waals surface area contributed by atoms with Crippen molar-refractivity contribution in [2.75, 3.05) is 5.73 Å². The number of anilines is 1. The van der Waals surface area contributed by atoms with E-state index in [9.17, 15) is 18.7 Å². The van der Waals surface area contributed by atoms with Crippen LogP contribution in [0.25, 0.3) is 0 Å². The maximum absolute atomic E-state index is 12.3. The predicted octanol–water partition coefficient (Wildman–Crippen LogP) is 3.55. The normalized spacial score (nSPS) is 18.2. The highest BCUT2D eigenvalue weighted by Crippen LogP contribution is 2.42. The number of nitrogen functional groups attached to an aromatic ring is 1. The molecule has 0 unspecified atom stereocenters. The molecule has 1 aliphatic rings. The molecule has 4 nitrogen and oxygen atoms in total. The highest BCUT2D eigenvalue weighted by molar-refractivity contribution is 5.84. The van der Waals surface area contributed by atoms with Crippen molar-refractivity contribution < 1.29 is 23.4 Å². The molecule has 0 bridgehead atoms. The first-order valence-corrected chi connectivity index (χ1v) is 7.04. The van der Waals surface area contributed by atoms with E-state index in [1.807, 2.05) is 0 Å². The van der Waals surface area contributed by atoms with Crippen LogP contribution in [-0.2, 0) is 10.2 Å². The van der Waals surface area contributed by atoms with E-state index in [4.69, 9.17) is 5.73 Å². The minimum Gasteiger partial charge on any atom is -0.481 e. The topological polar surface area (TPSA) is 72.5 Å². The van der Waals surface area contributed by atoms with Crippen molar-refractivity contribution in [1.82, 2.24) is 0 Å². The number of carbonyl (C=O) groups is 1. The van der Waals surface area contributed by atoms with Crippen molar-refractivity contribution in [3.8, 4) is 5.75 Å². The Kier molecular flexibility index (Phi) is 4.65. The highest BCUT2D eigenvalue weighted by Gasteiger charge is 2.42. The second-order valence-corrected chi connectivity index (χ2v) is 5.43. The van der Waals surface area contributed by atoms with Crippen molar-refractivity contribution in [2.45, 2.75) is 50.6 Å². The molecule has 0 amide bonds. The Bertz CT molecular complexity index is 512. The molecule has 1 aliphatic carbocycles. The Morgan fingerprint density at radius 3 is 2.38 bits per heavy atom. The van der Waals surface area contributed by atoms with Crippen LogP contribution in [0.4, 0.5) is 14.5 Å². The van der Waals surface area contributed by atoms with Gasteiger partial charge in [-0.2, -0.15) is 8.78 Å². The minimum atomic E-state index is -2.95. The van der Waals surface area contributed by atoms with Crippen LogP contribution in [0, 0.1) is 0 Å². The fraction of sp³-hybridized carbons (Fsp3) is 0.533. The summed E-state index contributed by atoms with van der Waals surface area (Å²) in [5.41, 5.74) is 5.50. The second-order valence-electron chi connectivity index (χ2n) is 5.43. The SMILES string of the molecule is Nc1ccc(OC(F)F)cc1C1(C(=O)O)CCCCCC1. The first-order valence-electron chi connectivity index (χ1n) is 7.04. The lowest BCUT2D eigenvalue weighted by Gasteiger charge is -2.30. The zero-order valence-corrected chi connectivity index (χ0v) is 11.6. The average molecular weight is 299 g/mol. The van der Waals surface area contributed by atoms with Crippen LogP contribution in [0.5, 0.6) is 5.75 Å². The van der Waals surface area contributed by atoms with E-state index in [1.165, 1.54) is 18.2 Å². The first-order chi connectivity index (χ1) is 9.95. The average Bonchev–Trinajstić information content (AvgIpc) is 2.67. The number of alkyl halides is 2. The molecule has 1 fully saturated rings. The number of benzene rings is 1. The van der Waals surface area contributed by atoms with Crippen molar-refractivity contribution in [3.63, 3.8) is 0 Å². The Balaban J connectivity index is 2.46. The van der Waals surface area contributed by atoms with Gasteiger partial charge in [0.25, 0.3) is 0 Å². The van der Waals surface area contributed by atoms with E-state index in [0.717, 1.165) is 25.7 Å². The minimum absolute atomic E-state index is 0.0564. The molecule has 21 heavy (non-hydrogen) atoms. The van der Waals surface area contributed by atoms with Crippen molar-refractivity contribution in [2.24, 2.45) is 0 Å². The van der Waals surface area contributed by atoms with E-state index in [1.54, 1.807) is 0 Å². The summed E-state index contributed by atoms with van der Waals surface area (Å²) in [6, 6.07) is 4.11. The number of rotatable bonds is 4. The van der Waals surface area contributed by atoms with Gasteiger partial charge in [-0.15, -0.1) is 0 Å². The largest absolute Gasteiger partial charge is 0.481 e. The molecule has 3 N–H and O–H groups in total. The summed E-state index contributed by atoms with van der Waals surface area (Å²) in [5.74, 6) is -1.01. The predicted molar refractivity (Wildman–Crippen MR) is 74.5 cm³/mol. The number of halogens is 2. The number of hydrogen-bond donors (Lipinski definition) is 2. The third-order valence-electron chi connectivity index (χ3n) is 4.13. The summed E-state index contributed by atoms with van der Waals surface area (Å²) in [6.07, 6.45) is 4.44. The second kappa shape index (κ2) is 6.28. The summed E-state index contributed by atoms with van der Waals surface area (Å²) < 4.78 is 29.1. The number of carboxylic acid groups (broad SMARTS) is 1. The van der Waals surface area contributed by atoms with E-state index in [0.29, 0.717) is 24.1 Å². The van der Waals surface area contributed by atoms with Gasteiger partial charge >= 0.3 is 12.6 Å². The number of ether oxygens (including phenoxy) is 1. The molecule has 6 heteroatoms. The molecule has 1 aromatic carbocycles. The van der Waals surface area contributed by atoms with Gasteiger partial charge in [-0.05, 0) is 36.6 Å². The lowest BCUT2D eigenvalue weighted by molar-refractivity contribution is -0.144. The molecule has 1 aromatic rings. The number of aliphatic carboxylic acids is 1. The van der Waals surface area contributed by atoms with Crippen LogP contribution < -0.4 is 10.5 Å². The van der Waals surface area contributed by atoms with Gasteiger partial charge in [0.05, 0.1) is 5.41 Å². The summed E-state index contributed by atoms with van der Waals surface area (Å²) in [4.78, 5) is 11.9. The molecule has 0 radical (unpaired) electrons. The molecule has 0 aliphatic heterocycles. The number of nitrogens with two attached hydrogens (primary N) is 1. The van der Waals surface area contributed by atoms with Crippen LogP contribution in [0.1, 0.15) is 44.1 Å². The molecule has 2 rings (SSSR count). The van der Waals surface area contributed by atoms with Crippen LogP contribution in [-0.4, -0.2) is 17.7 Å². The van der Waals surface area contributed by atoms with Gasteiger partial charge < -0.3 is 15.6 Å². The Labute approximate surface area is 121 Å². The van der Waals surface area contributed by atoms with Gasteiger partial charge in [0, 0.05) is 5.69 Å². The summed E-state index contributed by atoms with van der Waals surface area (Å²) >= 11 is 0.